The lowest BCUT2D eigenvalue weighted by molar-refractivity contribution is 0.142. The normalized spacial score (nSPS) is 23.8. The van der Waals surface area contributed by atoms with Crippen LogP contribution in [-0.2, 0) is 19.4 Å². The van der Waals surface area contributed by atoms with E-state index in [9.17, 15) is 0 Å². The zero-order valence-corrected chi connectivity index (χ0v) is 17.6. The summed E-state index contributed by atoms with van der Waals surface area (Å²) in [4.78, 5) is 7.01. The molecule has 6 nitrogen and oxygen atoms in total. The minimum Gasteiger partial charge on any atom is -0.356 e. The van der Waals surface area contributed by atoms with Crippen LogP contribution in [0.2, 0.25) is 0 Å². The van der Waals surface area contributed by atoms with Gasteiger partial charge >= 0.3 is 0 Å². The number of aromatic nitrogens is 3. The molecular weight excluding hydrogens is 336 g/mol. The van der Waals surface area contributed by atoms with Crippen LogP contribution in [0.15, 0.2) is 4.99 Å². The third-order valence-electron chi connectivity index (χ3n) is 6.19. The van der Waals surface area contributed by atoms with E-state index in [1.54, 1.807) is 0 Å². The summed E-state index contributed by atoms with van der Waals surface area (Å²) in [5.74, 6) is 3.42. The van der Waals surface area contributed by atoms with Gasteiger partial charge in [-0.05, 0) is 43.9 Å². The molecule has 0 bridgehead atoms. The Bertz CT molecular complexity index is 618. The summed E-state index contributed by atoms with van der Waals surface area (Å²) in [5, 5.41) is 12.5. The first kappa shape index (κ1) is 20.2. The lowest BCUT2D eigenvalue weighted by atomic mass is 9.78. The van der Waals surface area contributed by atoms with Crippen molar-refractivity contribution in [1.29, 1.82) is 0 Å². The van der Waals surface area contributed by atoms with Gasteiger partial charge in [0.25, 0.3) is 0 Å². The van der Waals surface area contributed by atoms with Crippen LogP contribution in [0.5, 0.6) is 0 Å². The molecule has 1 unspecified atom stereocenters. The summed E-state index contributed by atoms with van der Waals surface area (Å²) >= 11 is 0. The first-order valence-electron chi connectivity index (χ1n) is 11.0. The fraction of sp³-hybridized carbons (Fsp3) is 0.857. The Labute approximate surface area is 164 Å². The highest BCUT2D eigenvalue weighted by Crippen LogP contribution is 2.33. The maximum atomic E-state index is 4.55. The highest BCUT2D eigenvalue weighted by molar-refractivity contribution is 5.80. The SMILES string of the molecule is CCCC1(C)CCCN(C(=NC)NCCCc2nnc3n2CCCCC3)C1. The summed E-state index contributed by atoms with van der Waals surface area (Å²) in [6.07, 6.45) is 12.1. The molecule has 3 heterocycles. The van der Waals surface area contributed by atoms with E-state index >= 15 is 0 Å². The number of guanidine groups is 1. The standard InChI is InChI=1S/C21H38N6/c1-4-12-21(2)13-9-15-26(17-21)20(22-3)23-14-8-11-19-25-24-18-10-6-5-7-16-27(18)19/h4-17H2,1-3H3,(H,22,23). The lowest BCUT2D eigenvalue weighted by Gasteiger charge is -2.42. The maximum absolute atomic E-state index is 4.55. The largest absolute Gasteiger partial charge is 0.356 e. The monoisotopic (exact) mass is 374 g/mol. The van der Waals surface area contributed by atoms with Crippen molar-refractivity contribution in [2.45, 2.75) is 84.6 Å². The third kappa shape index (κ3) is 5.23. The Morgan fingerprint density at radius 3 is 2.89 bits per heavy atom. The van der Waals surface area contributed by atoms with Crippen LogP contribution < -0.4 is 5.32 Å². The van der Waals surface area contributed by atoms with Gasteiger partial charge in [-0.3, -0.25) is 4.99 Å². The molecule has 3 rings (SSSR count). The van der Waals surface area contributed by atoms with Crippen LogP contribution in [0.4, 0.5) is 0 Å². The molecule has 0 amide bonds. The van der Waals surface area contributed by atoms with Crippen LogP contribution >= 0.6 is 0 Å². The highest BCUT2D eigenvalue weighted by atomic mass is 15.3. The Hall–Kier alpha value is -1.59. The van der Waals surface area contributed by atoms with Crippen LogP contribution in [0.3, 0.4) is 0 Å². The second kappa shape index (κ2) is 9.56. The van der Waals surface area contributed by atoms with Gasteiger partial charge in [-0.2, -0.15) is 0 Å². The second-order valence-corrected chi connectivity index (χ2v) is 8.66. The number of fused-ring (bicyclic) bond motifs is 1. The molecule has 1 atom stereocenters. The summed E-state index contributed by atoms with van der Waals surface area (Å²) in [5.41, 5.74) is 0.434. The van der Waals surface area contributed by atoms with Gasteiger partial charge in [0.2, 0.25) is 0 Å². The average Bonchev–Trinajstić information content (AvgIpc) is 2.88. The molecule has 0 spiro atoms. The topological polar surface area (TPSA) is 58.3 Å². The van der Waals surface area contributed by atoms with E-state index < -0.39 is 0 Å². The fourth-order valence-electron chi connectivity index (χ4n) is 4.81. The molecule has 0 radical (unpaired) electrons. The molecule has 1 aromatic heterocycles. The van der Waals surface area contributed by atoms with Crippen molar-refractivity contribution in [2.75, 3.05) is 26.7 Å². The van der Waals surface area contributed by atoms with Crippen molar-refractivity contribution < 1.29 is 0 Å². The van der Waals surface area contributed by atoms with Crippen LogP contribution in [0.25, 0.3) is 0 Å². The Morgan fingerprint density at radius 2 is 2.07 bits per heavy atom. The number of rotatable bonds is 6. The summed E-state index contributed by atoms with van der Waals surface area (Å²) < 4.78 is 2.36. The molecule has 2 aliphatic rings. The van der Waals surface area contributed by atoms with E-state index in [1.807, 2.05) is 7.05 Å². The van der Waals surface area contributed by atoms with E-state index in [0.717, 1.165) is 57.2 Å². The quantitative estimate of drug-likeness (QED) is 0.471. The Kier molecular flexibility index (Phi) is 7.13. The van der Waals surface area contributed by atoms with Gasteiger partial charge in [0.1, 0.15) is 11.6 Å². The van der Waals surface area contributed by atoms with Crippen molar-refractivity contribution in [3.05, 3.63) is 11.6 Å². The number of aryl methyl sites for hydroxylation is 2. The molecule has 0 saturated carbocycles. The zero-order valence-electron chi connectivity index (χ0n) is 17.6. The number of hydrogen-bond acceptors (Lipinski definition) is 3. The highest BCUT2D eigenvalue weighted by Gasteiger charge is 2.31. The summed E-state index contributed by atoms with van der Waals surface area (Å²) in [6.45, 7) is 9.01. The summed E-state index contributed by atoms with van der Waals surface area (Å²) in [6, 6.07) is 0. The van der Waals surface area contributed by atoms with Crippen molar-refractivity contribution >= 4 is 5.96 Å². The van der Waals surface area contributed by atoms with Gasteiger partial charge in [-0.15, -0.1) is 10.2 Å². The minimum absolute atomic E-state index is 0.434. The van der Waals surface area contributed by atoms with Crippen molar-refractivity contribution in [2.24, 2.45) is 10.4 Å². The Morgan fingerprint density at radius 1 is 1.19 bits per heavy atom. The predicted octanol–water partition coefficient (Wildman–Crippen LogP) is 3.41. The van der Waals surface area contributed by atoms with Crippen molar-refractivity contribution in [3.63, 3.8) is 0 Å². The molecule has 2 aliphatic heterocycles. The molecule has 1 aromatic rings. The van der Waals surface area contributed by atoms with Crippen LogP contribution in [0.1, 0.15) is 76.9 Å². The predicted molar refractivity (Wildman–Crippen MR) is 111 cm³/mol. The number of piperidine rings is 1. The molecule has 0 aromatic carbocycles. The number of hydrogen-bond donors (Lipinski definition) is 1. The van der Waals surface area contributed by atoms with E-state index in [0.29, 0.717) is 5.41 Å². The number of nitrogens with one attached hydrogen (secondary N) is 1. The fourth-order valence-corrected chi connectivity index (χ4v) is 4.81. The molecule has 1 saturated heterocycles. The average molecular weight is 375 g/mol. The van der Waals surface area contributed by atoms with Crippen LogP contribution in [-0.4, -0.2) is 52.3 Å². The van der Waals surface area contributed by atoms with Gasteiger partial charge in [0, 0.05) is 46.1 Å². The first-order chi connectivity index (χ1) is 13.1. The number of likely N-dealkylation sites (tertiary alicyclic amines) is 1. The van der Waals surface area contributed by atoms with E-state index in [4.69, 9.17) is 0 Å². The molecular formula is C21H38N6. The molecule has 1 N–H and O–H groups in total. The molecule has 6 heteroatoms. The van der Waals surface area contributed by atoms with E-state index in [2.05, 4.69) is 43.8 Å². The van der Waals surface area contributed by atoms with Gasteiger partial charge in [-0.1, -0.05) is 26.7 Å². The maximum Gasteiger partial charge on any atom is 0.193 e. The van der Waals surface area contributed by atoms with Crippen molar-refractivity contribution in [3.8, 4) is 0 Å². The van der Waals surface area contributed by atoms with Crippen molar-refractivity contribution in [1.82, 2.24) is 25.0 Å². The molecule has 27 heavy (non-hydrogen) atoms. The number of nitrogens with zero attached hydrogens (tertiary/aromatic N) is 5. The van der Waals surface area contributed by atoms with Gasteiger partial charge in [0.05, 0.1) is 0 Å². The third-order valence-corrected chi connectivity index (χ3v) is 6.19. The zero-order chi connectivity index (χ0) is 19.1. The molecule has 1 fully saturated rings. The smallest absolute Gasteiger partial charge is 0.193 e. The molecule has 152 valence electrons. The van der Waals surface area contributed by atoms with Crippen LogP contribution in [0, 0.1) is 5.41 Å². The van der Waals surface area contributed by atoms with E-state index in [-0.39, 0.29) is 0 Å². The Balaban J connectivity index is 1.47. The second-order valence-electron chi connectivity index (χ2n) is 8.66. The first-order valence-corrected chi connectivity index (χ1v) is 11.0. The van der Waals surface area contributed by atoms with Gasteiger partial charge in [0.15, 0.2) is 5.96 Å². The van der Waals surface area contributed by atoms with Gasteiger partial charge < -0.3 is 14.8 Å². The minimum atomic E-state index is 0.434. The number of aliphatic imine (C=N–C) groups is 1. The van der Waals surface area contributed by atoms with E-state index in [1.165, 1.54) is 50.8 Å². The lowest BCUT2D eigenvalue weighted by Crippen LogP contribution is -2.50. The van der Waals surface area contributed by atoms with Gasteiger partial charge in [-0.25, -0.2) is 0 Å². The summed E-state index contributed by atoms with van der Waals surface area (Å²) in [7, 11) is 1.91. The molecule has 0 aliphatic carbocycles.